The molecule has 2 aromatic rings. The second-order valence-corrected chi connectivity index (χ2v) is 5.08. The van der Waals surface area contributed by atoms with Crippen molar-refractivity contribution >= 4 is 29.2 Å². The standard InChI is InChI=1S/C16H14F3N3OS/c1-23-14-8-6-13(7-9-14)21-15(24)22-20-10-11-2-4-12(5-3-11)16(17,18)19/h2-10H,1H3,(H2,21,22,24)/b20-10-. The number of alkyl halides is 3. The largest absolute Gasteiger partial charge is 0.497 e. The van der Waals surface area contributed by atoms with Crippen LogP contribution in [0.4, 0.5) is 18.9 Å². The lowest BCUT2D eigenvalue weighted by Gasteiger charge is -2.08. The van der Waals surface area contributed by atoms with E-state index in [2.05, 4.69) is 15.8 Å². The zero-order valence-corrected chi connectivity index (χ0v) is 13.4. The third-order valence-corrected chi connectivity index (χ3v) is 3.16. The highest BCUT2D eigenvalue weighted by Crippen LogP contribution is 2.28. The Labute approximate surface area is 142 Å². The van der Waals surface area contributed by atoms with Crippen molar-refractivity contribution in [3.8, 4) is 5.75 Å². The summed E-state index contributed by atoms with van der Waals surface area (Å²) in [6.45, 7) is 0. The van der Waals surface area contributed by atoms with Crippen molar-refractivity contribution in [2.24, 2.45) is 5.10 Å². The smallest absolute Gasteiger partial charge is 0.416 e. The Balaban J connectivity index is 1.87. The van der Waals surface area contributed by atoms with Crippen molar-refractivity contribution in [1.82, 2.24) is 5.43 Å². The van der Waals surface area contributed by atoms with Crippen LogP contribution in [0.15, 0.2) is 53.6 Å². The van der Waals surface area contributed by atoms with Crippen molar-refractivity contribution in [3.63, 3.8) is 0 Å². The van der Waals surface area contributed by atoms with Gasteiger partial charge in [-0.1, -0.05) is 12.1 Å². The van der Waals surface area contributed by atoms with Gasteiger partial charge in [0.2, 0.25) is 0 Å². The van der Waals surface area contributed by atoms with Gasteiger partial charge in [-0.25, -0.2) is 0 Å². The summed E-state index contributed by atoms with van der Waals surface area (Å²) in [5, 5.41) is 7.04. The van der Waals surface area contributed by atoms with Crippen LogP contribution >= 0.6 is 12.2 Å². The molecule has 8 heteroatoms. The van der Waals surface area contributed by atoms with E-state index in [0.29, 0.717) is 5.56 Å². The van der Waals surface area contributed by atoms with Gasteiger partial charge in [-0.05, 0) is 54.2 Å². The third-order valence-electron chi connectivity index (χ3n) is 2.97. The first-order valence-electron chi connectivity index (χ1n) is 6.80. The Hall–Kier alpha value is -2.61. The summed E-state index contributed by atoms with van der Waals surface area (Å²) < 4.78 is 42.4. The van der Waals surface area contributed by atoms with Gasteiger partial charge in [0, 0.05) is 5.69 Å². The van der Waals surface area contributed by atoms with Crippen LogP contribution in [0.25, 0.3) is 0 Å². The molecule has 0 atom stereocenters. The zero-order valence-electron chi connectivity index (χ0n) is 12.6. The van der Waals surface area contributed by atoms with Crippen LogP contribution < -0.4 is 15.5 Å². The summed E-state index contributed by atoms with van der Waals surface area (Å²) in [5.41, 5.74) is 3.15. The summed E-state index contributed by atoms with van der Waals surface area (Å²) in [7, 11) is 1.57. The van der Waals surface area contributed by atoms with E-state index in [0.717, 1.165) is 23.6 Å². The van der Waals surface area contributed by atoms with Gasteiger partial charge in [-0.2, -0.15) is 18.3 Å². The van der Waals surface area contributed by atoms with Crippen molar-refractivity contribution in [3.05, 3.63) is 59.7 Å². The molecule has 0 aliphatic rings. The number of nitrogens with zero attached hydrogens (tertiary/aromatic N) is 1. The van der Waals surface area contributed by atoms with E-state index in [-0.39, 0.29) is 5.11 Å². The fourth-order valence-corrected chi connectivity index (χ4v) is 1.93. The molecule has 0 saturated carbocycles. The molecular weight excluding hydrogens is 339 g/mol. The first kappa shape index (κ1) is 17.7. The first-order chi connectivity index (χ1) is 11.4. The molecule has 0 aromatic heterocycles. The Morgan fingerprint density at radius 2 is 1.71 bits per heavy atom. The van der Waals surface area contributed by atoms with Gasteiger partial charge in [-0.15, -0.1) is 0 Å². The molecule has 0 radical (unpaired) electrons. The highest BCUT2D eigenvalue weighted by molar-refractivity contribution is 7.80. The van der Waals surface area contributed by atoms with Crippen molar-refractivity contribution in [1.29, 1.82) is 0 Å². The van der Waals surface area contributed by atoms with Crippen LogP contribution in [0, 0.1) is 0 Å². The SMILES string of the molecule is COc1ccc(NC(=S)N/N=C\c2ccc(C(F)(F)F)cc2)cc1. The normalized spacial score (nSPS) is 11.3. The minimum atomic E-state index is -4.35. The average Bonchev–Trinajstić information content (AvgIpc) is 2.55. The van der Waals surface area contributed by atoms with Gasteiger partial charge in [-0.3, -0.25) is 5.43 Å². The Morgan fingerprint density at radius 1 is 1.08 bits per heavy atom. The van der Waals surface area contributed by atoms with E-state index in [1.165, 1.54) is 18.3 Å². The van der Waals surface area contributed by atoms with E-state index in [4.69, 9.17) is 17.0 Å². The quantitative estimate of drug-likeness (QED) is 0.495. The number of rotatable bonds is 4. The van der Waals surface area contributed by atoms with E-state index in [1.807, 2.05) is 0 Å². The van der Waals surface area contributed by atoms with Gasteiger partial charge in [0.1, 0.15) is 5.75 Å². The second kappa shape index (κ2) is 7.78. The molecule has 0 aliphatic heterocycles. The molecule has 2 aromatic carbocycles. The molecule has 126 valence electrons. The molecule has 4 nitrogen and oxygen atoms in total. The van der Waals surface area contributed by atoms with Crippen LogP contribution in [-0.2, 0) is 6.18 Å². The number of hydrogen-bond acceptors (Lipinski definition) is 3. The maximum absolute atomic E-state index is 12.5. The lowest BCUT2D eigenvalue weighted by molar-refractivity contribution is -0.137. The molecular formula is C16H14F3N3OS. The molecule has 2 rings (SSSR count). The average molecular weight is 353 g/mol. The first-order valence-corrected chi connectivity index (χ1v) is 7.20. The minimum Gasteiger partial charge on any atom is -0.497 e. The number of thiocarbonyl (C=S) groups is 1. The topological polar surface area (TPSA) is 45.6 Å². The molecule has 0 heterocycles. The highest BCUT2D eigenvalue weighted by Gasteiger charge is 2.29. The Kier molecular flexibility index (Phi) is 5.75. The van der Waals surface area contributed by atoms with Crippen molar-refractivity contribution < 1.29 is 17.9 Å². The Morgan fingerprint density at radius 3 is 2.25 bits per heavy atom. The maximum atomic E-state index is 12.5. The summed E-state index contributed by atoms with van der Waals surface area (Å²) in [5.74, 6) is 0.722. The summed E-state index contributed by atoms with van der Waals surface area (Å²) in [6.07, 6.45) is -2.97. The number of anilines is 1. The molecule has 2 N–H and O–H groups in total. The van der Waals surface area contributed by atoms with E-state index >= 15 is 0 Å². The molecule has 0 saturated heterocycles. The van der Waals surface area contributed by atoms with E-state index < -0.39 is 11.7 Å². The second-order valence-electron chi connectivity index (χ2n) is 4.67. The molecule has 24 heavy (non-hydrogen) atoms. The van der Waals surface area contributed by atoms with Gasteiger partial charge in [0.15, 0.2) is 5.11 Å². The molecule has 0 aliphatic carbocycles. The van der Waals surface area contributed by atoms with Gasteiger partial charge < -0.3 is 10.1 Å². The molecule has 0 amide bonds. The zero-order chi connectivity index (χ0) is 17.6. The fraction of sp³-hybridized carbons (Fsp3) is 0.125. The number of halogens is 3. The number of methoxy groups -OCH3 is 1. The number of nitrogens with one attached hydrogen (secondary N) is 2. The van der Waals surface area contributed by atoms with Crippen LogP contribution in [0.2, 0.25) is 0 Å². The number of ether oxygens (including phenoxy) is 1. The van der Waals surface area contributed by atoms with Gasteiger partial charge in [0.05, 0.1) is 18.9 Å². The van der Waals surface area contributed by atoms with Crippen molar-refractivity contribution in [2.45, 2.75) is 6.18 Å². The van der Waals surface area contributed by atoms with E-state index in [9.17, 15) is 13.2 Å². The molecule has 0 bridgehead atoms. The van der Waals surface area contributed by atoms with Gasteiger partial charge >= 0.3 is 6.18 Å². The Bertz CT molecular complexity index is 713. The molecule has 0 fully saturated rings. The van der Waals surface area contributed by atoms with E-state index in [1.54, 1.807) is 31.4 Å². The lowest BCUT2D eigenvalue weighted by Crippen LogP contribution is -2.23. The monoisotopic (exact) mass is 353 g/mol. The third kappa shape index (κ3) is 5.24. The number of hydrazone groups is 1. The van der Waals surface area contributed by atoms with Crippen LogP contribution in [0.3, 0.4) is 0 Å². The summed E-state index contributed by atoms with van der Waals surface area (Å²) in [6, 6.07) is 11.8. The van der Waals surface area contributed by atoms with Crippen LogP contribution in [-0.4, -0.2) is 18.4 Å². The lowest BCUT2D eigenvalue weighted by atomic mass is 10.1. The number of hydrogen-bond donors (Lipinski definition) is 2. The minimum absolute atomic E-state index is 0.253. The number of benzene rings is 2. The van der Waals surface area contributed by atoms with Crippen LogP contribution in [0.1, 0.15) is 11.1 Å². The van der Waals surface area contributed by atoms with Gasteiger partial charge in [0.25, 0.3) is 0 Å². The predicted octanol–water partition coefficient (Wildman–Crippen LogP) is 4.03. The maximum Gasteiger partial charge on any atom is 0.416 e. The van der Waals surface area contributed by atoms with Crippen molar-refractivity contribution in [2.75, 3.05) is 12.4 Å². The fourth-order valence-electron chi connectivity index (χ4n) is 1.76. The summed E-state index contributed by atoms with van der Waals surface area (Å²) in [4.78, 5) is 0. The predicted molar refractivity (Wildman–Crippen MR) is 91.4 cm³/mol. The van der Waals surface area contributed by atoms with Crippen LogP contribution in [0.5, 0.6) is 5.75 Å². The molecule has 0 spiro atoms. The molecule has 0 unspecified atom stereocenters. The summed E-state index contributed by atoms with van der Waals surface area (Å²) >= 11 is 5.07. The highest BCUT2D eigenvalue weighted by atomic mass is 32.1.